The fourth-order valence-corrected chi connectivity index (χ4v) is 4.06. The Balaban J connectivity index is 1.58. The number of sulfone groups is 1. The van der Waals surface area contributed by atoms with Crippen LogP contribution in [0.5, 0.6) is 0 Å². The highest BCUT2D eigenvalue weighted by Gasteiger charge is 2.16. The van der Waals surface area contributed by atoms with E-state index in [9.17, 15) is 13.2 Å². The molecule has 0 atom stereocenters. The standard InChI is InChI=1S/C25H26O3S/c1-19(2)29(27,28)18-22-12-10-20(11-13-22)8-9-21-14-16-24(17-15-21)25(26)23-6-4-3-5-7-23/h3-7,10-17,19H,8-9,18H2,1-2H3. The maximum atomic E-state index is 12.5. The molecule has 3 aromatic carbocycles. The second kappa shape index (κ2) is 9.19. The molecule has 29 heavy (non-hydrogen) atoms. The summed E-state index contributed by atoms with van der Waals surface area (Å²) in [6.07, 6.45) is 1.73. The summed E-state index contributed by atoms with van der Waals surface area (Å²) in [6, 6.07) is 24.8. The number of hydrogen-bond acceptors (Lipinski definition) is 3. The number of carbonyl (C=O) groups excluding carboxylic acids is 1. The number of benzene rings is 3. The molecular formula is C25H26O3S. The van der Waals surface area contributed by atoms with Crippen LogP contribution in [0.1, 0.15) is 46.5 Å². The molecule has 3 nitrogen and oxygen atoms in total. The molecule has 0 unspecified atom stereocenters. The third kappa shape index (κ3) is 5.64. The van der Waals surface area contributed by atoms with Crippen molar-refractivity contribution >= 4 is 15.6 Å². The Morgan fingerprint density at radius 3 is 1.66 bits per heavy atom. The average Bonchev–Trinajstić information content (AvgIpc) is 2.73. The van der Waals surface area contributed by atoms with Gasteiger partial charge in [0.2, 0.25) is 0 Å². The van der Waals surface area contributed by atoms with Crippen LogP contribution >= 0.6 is 0 Å². The van der Waals surface area contributed by atoms with Gasteiger partial charge in [0.05, 0.1) is 11.0 Å². The number of hydrogen-bond donors (Lipinski definition) is 0. The predicted octanol–water partition coefficient (Wildman–Crippen LogP) is 5.03. The maximum Gasteiger partial charge on any atom is 0.193 e. The van der Waals surface area contributed by atoms with Gasteiger partial charge in [-0.05, 0) is 43.4 Å². The summed E-state index contributed by atoms with van der Waals surface area (Å²) in [5.74, 6) is 0.117. The van der Waals surface area contributed by atoms with E-state index in [1.54, 1.807) is 13.8 Å². The van der Waals surface area contributed by atoms with Crippen molar-refractivity contribution in [3.05, 3.63) is 107 Å². The van der Waals surface area contributed by atoms with Crippen LogP contribution in [0.15, 0.2) is 78.9 Å². The molecule has 0 fully saturated rings. The SMILES string of the molecule is CC(C)S(=O)(=O)Cc1ccc(CCc2ccc(C(=O)c3ccccc3)cc2)cc1. The van der Waals surface area contributed by atoms with Gasteiger partial charge >= 0.3 is 0 Å². The zero-order chi connectivity index (χ0) is 20.9. The van der Waals surface area contributed by atoms with Crippen molar-refractivity contribution in [2.24, 2.45) is 0 Å². The first-order chi connectivity index (χ1) is 13.8. The number of carbonyl (C=O) groups is 1. The van der Waals surface area contributed by atoms with Gasteiger partial charge < -0.3 is 0 Å². The second-order valence-corrected chi connectivity index (χ2v) is 10.1. The van der Waals surface area contributed by atoms with Crippen LogP contribution in [0.3, 0.4) is 0 Å². The summed E-state index contributed by atoms with van der Waals surface area (Å²) >= 11 is 0. The van der Waals surface area contributed by atoms with E-state index in [1.165, 1.54) is 11.1 Å². The minimum atomic E-state index is -3.08. The van der Waals surface area contributed by atoms with Gasteiger partial charge in [0.25, 0.3) is 0 Å². The maximum absolute atomic E-state index is 12.5. The van der Waals surface area contributed by atoms with Gasteiger partial charge in [0.15, 0.2) is 15.6 Å². The van der Waals surface area contributed by atoms with E-state index in [0.717, 1.165) is 18.4 Å². The van der Waals surface area contributed by atoms with Gasteiger partial charge in [0, 0.05) is 11.1 Å². The molecule has 0 bridgehead atoms. The van der Waals surface area contributed by atoms with E-state index in [0.29, 0.717) is 11.1 Å². The molecule has 3 aromatic rings. The number of aryl methyl sites for hydroxylation is 2. The highest BCUT2D eigenvalue weighted by atomic mass is 32.2. The van der Waals surface area contributed by atoms with E-state index in [4.69, 9.17) is 0 Å². The highest BCUT2D eigenvalue weighted by molar-refractivity contribution is 7.91. The van der Waals surface area contributed by atoms with Gasteiger partial charge in [-0.15, -0.1) is 0 Å². The molecule has 0 saturated carbocycles. The van der Waals surface area contributed by atoms with Gasteiger partial charge in [0.1, 0.15) is 0 Å². The molecule has 0 aromatic heterocycles. The molecule has 0 saturated heterocycles. The average molecular weight is 407 g/mol. The molecule has 3 rings (SSSR count). The molecule has 0 heterocycles. The highest BCUT2D eigenvalue weighted by Crippen LogP contribution is 2.15. The van der Waals surface area contributed by atoms with Gasteiger partial charge in [-0.2, -0.15) is 0 Å². The number of rotatable bonds is 8. The zero-order valence-corrected chi connectivity index (χ0v) is 17.7. The quantitative estimate of drug-likeness (QED) is 0.493. The Bertz CT molecular complexity index is 1050. The summed E-state index contributed by atoms with van der Waals surface area (Å²) in [7, 11) is -3.08. The van der Waals surface area contributed by atoms with Crippen LogP contribution in [-0.2, 0) is 28.4 Å². The lowest BCUT2D eigenvalue weighted by molar-refractivity contribution is 0.103. The second-order valence-electron chi connectivity index (χ2n) is 7.56. The fraction of sp³-hybridized carbons (Fsp3) is 0.240. The lowest BCUT2D eigenvalue weighted by Crippen LogP contribution is -2.15. The molecule has 0 aliphatic heterocycles. The smallest absolute Gasteiger partial charge is 0.193 e. The van der Waals surface area contributed by atoms with E-state index in [2.05, 4.69) is 0 Å². The summed E-state index contributed by atoms with van der Waals surface area (Å²) in [5, 5.41) is -0.362. The van der Waals surface area contributed by atoms with E-state index in [1.807, 2.05) is 78.9 Å². The van der Waals surface area contributed by atoms with Gasteiger partial charge in [-0.3, -0.25) is 4.79 Å². The van der Waals surface area contributed by atoms with E-state index in [-0.39, 0.29) is 16.8 Å². The van der Waals surface area contributed by atoms with Crippen LogP contribution in [-0.4, -0.2) is 19.5 Å². The molecule has 0 amide bonds. The molecule has 0 N–H and O–H groups in total. The monoisotopic (exact) mass is 406 g/mol. The first-order valence-electron chi connectivity index (χ1n) is 9.83. The topological polar surface area (TPSA) is 51.2 Å². The first-order valence-corrected chi connectivity index (χ1v) is 11.5. The fourth-order valence-electron chi connectivity index (χ4n) is 3.07. The van der Waals surface area contributed by atoms with Gasteiger partial charge in [-0.1, -0.05) is 78.9 Å². The first kappa shape index (κ1) is 21.0. The van der Waals surface area contributed by atoms with Crippen molar-refractivity contribution in [2.45, 2.75) is 37.7 Å². The van der Waals surface area contributed by atoms with E-state index >= 15 is 0 Å². The van der Waals surface area contributed by atoms with Crippen LogP contribution < -0.4 is 0 Å². The summed E-state index contributed by atoms with van der Waals surface area (Å²) in [4.78, 5) is 12.5. The zero-order valence-electron chi connectivity index (χ0n) is 16.8. The van der Waals surface area contributed by atoms with Crippen LogP contribution in [0.2, 0.25) is 0 Å². The molecule has 0 aliphatic rings. The Kier molecular flexibility index (Phi) is 6.65. The minimum absolute atomic E-state index is 0.0316. The van der Waals surface area contributed by atoms with Crippen molar-refractivity contribution in [2.75, 3.05) is 0 Å². The largest absolute Gasteiger partial charge is 0.289 e. The lowest BCUT2D eigenvalue weighted by Gasteiger charge is -2.09. The Labute approximate surface area is 173 Å². The molecule has 0 spiro atoms. The molecule has 4 heteroatoms. The van der Waals surface area contributed by atoms with Crippen molar-refractivity contribution in [3.63, 3.8) is 0 Å². The Morgan fingerprint density at radius 1 is 0.690 bits per heavy atom. The van der Waals surface area contributed by atoms with Crippen LogP contribution in [0.4, 0.5) is 0 Å². The van der Waals surface area contributed by atoms with Crippen molar-refractivity contribution < 1.29 is 13.2 Å². The molecule has 0 aliphatic carbocycles. The number of ketones is 1. The summed E-state index contributed by atoms with van der Waals surface area (Å²) in [6.45, 7) is 3.42. The predicted molar refractivity (Wildman–Crippen MR) is 118 cm³/mol. The van der Waals surface area contributed by atoms with Crippen LogP contribution in [0, 0.1) is 0 Å². The van der Waals surface area contributed by atoms with Gasteiger partial charge in [-0.25, -0.2) is 8.42 Å². The Morgan fingerprint density at radius 2 is 1.14 bits per heavy atom. The normalized spacial score (nSPS) is 11.6. The minimum Gasteiger partial charge on any atom is -0.289 e. The van der Waals surface area contributed by atoms with Crippen molar-refractivity contribution in [3.8, 4) is 0 Å². The molecule has 0 radical (unpaired) electrons. The third-order valence-electron chi connectivity index (χ3n) is 5.06. The van der Waals surface area contributed by atoms with Crippen LogP contribution in [0.25, 0.3) is 0 Å². The van der Waals surface area contributed by atoms with Crippen molar-refractivity contribution in [1.82, 2.24) is 0 Å². The van der Waals surface area contributed by atoms with E-state index < -0.39 is 9.84 Å². The summed E-state index contributed by atoms with van der Waals surface area (Å²) < 4.78 is 24.1. The third-order valence-corrected chi connectivity index (χ3v) is 7.24. The lowest BCUT2D eigenvalue weighted by atomic mass is 9.99. The molecular weight excluding hydrogens is 380 g/mol. The van der Waals surface area contributed by atoms with Crippen molar-refractivity contribution in [1.29, 1.82) is 0 Å². The Hall–Kier alpha value is -2.72. The summed E-state index contributed by atoms with van der Waals surface area (Å²) in [5.41, 5.74) is 4.54. The molecule has 150 valence electrons.